The first-order valence-electron chi connectivity index (χ1n) is 8.78. The van der Waals surface area contributed by atoms with Crippen molar-refractivity contribution in [1.82, 2.24) is 15.5 Å². The third-order valence-electron chi connectivity index (χ3n) is 4.41. The van der Waals surface area contributed by atoms with Gasteiger partial charge in [-0.05, 0) is 44.5 Å². The van der Waals surface area contributed by atoms with E-state index in [1.54, 1.807) is 24.3 Å². The Hall–Kier alpha value is -2.12. The minimum atomic E-state index is -0.378. The van der Waals surface area contributed by atoms with E-state index < -0.39 is 0 Å². The Morgan fingerprint density at radius 2 is 2.00 bits per heavy atom. The van der Waals surface area contributed by atoms with Gasteiger partial charge >= 0.3 is 0 Å². The SMILES string of the molecule is NC(=O)C1CCCN(CCCNC(=O)CNC(=O)c2ccccc2Cl)C1. The van der Waals surface area contributed by atoms with E-state index >= 15 is 0 Å². The van der Waals surface area contributed by atoms with E-state index in [9.17, 15) is 14.4 Å². The number of carbonyl (C=O) groups is 3. The van der Waals surface area contributed by atoms with Gasteiger partial charge in [0.05, 0.1) is 23.0 Å². The monoisotopic (exact) mass is 380 g/mol. The van der Waals surface area contributed by atoms with Gasteiger partial charge in [-0.15, -0.1) is 0 Å². The molecule has 1 aliphatic rings. The first-order valence-corrected chi connectivity index (χ1v) is 9.16. The molecule has 1 aromatic carbocycles. The molecule has 0 spiro atoms. The summed E-state index contributed by atoms with van der Waals surface area (Å²) in [4.78, 5) is 37.3. The number of halogens is 1. The van der Waals surface area contributed by atoms with Crippen LogP contribution in [0.4, 0.5) is 0 Å². The van der Waals surface area contributed by atoms with Gasteiger partial charge < -0.3 is 21.3 Å². The fourth-order valence-electron chi connectivity index (χ4n) is 2.98. The number of amides is 3. The molecule has 1 aliphatic heterocycles. The smallest absolute Gasteiger partial charge is 0.253 e. The molecule has 1 aromatic rings. The number of nitrogens with two attached hydrogens (primary N) is 1. The molecule has 7 nitrogen and oxygen atoms in total. The van der Waals surface area contributed by atoms with E-state index in [0.29, 0.717) is 23.7 Å². The molecular formula is C18H25ClN4O3. The molecule has 1 fully saturated rings. The lowest BCUT2D eigenvalue weighted by atomic mass is 9.97. The molecular weight excluding hydrogens is 356 g/mol. The number of rotatable bonds is 8. The van der Waals surface area contributed by atoms with Crippen LogP contribution < -0.4 is 16.4 Å². The Kier molecular flexibility index (Phi) is 7.87. The van der Waals surface area contributed by atoms with Gasteiger partial charge in [-0.25, -0.2) is 0 Å². The van der Waals surface area contributed by atoms with Gasteiger partial charge in [0, 0.05) is 13.1 Å². The Bertz CT molecular complexity index is 653. The molecule has 4 N–H and O–H groups in total. The molecule has 2 rings (SSSR count). The summed E-state index contributed by atoms with van der Waals surface area (Å²) in [5.74, 6) is -0.939. The molecule has 3 amide bonds. The van der Waals surface area contributed by atoms with Crippen LogP contribution in [0.5, 0.6) is 0 Å². The van der Waals surface area contributed by atoms with Crippen LogP contribution in [0.3, 0.4) is 0 Å². The Labute approximate surface area is 158 Å². The normalized spacial score (nSPS) is 17.5. The van der Waals surface area contributed by atoms with Crippen LogP contribution in [0.1, 0.15) is 29.6 Å². The molecule has 0 radical (unpaired) electrons. The van der Waals surface area contributed by atoms with Crippen molar-refractivity contribution in [3.8, 4) is 0 Å². The number of piperidine rings is 1. The first-order chi connectivity index (χ1) is 12.5. The average molecular weight is 381 g/mol. The third kappa shape index (κ3) is 6.31. The molecule has 1 heterocycles. The van der Waals surface area contributed by atoms with Crippen molar-refractivity contribution in [1.29, 1.82) is 0 Å². The van der Waals surface area contributed by atoms with Crippen molar-refractivity contribution in [3.05, 3.63) is 34.9 Å². The summed E-state index contributed by atoms with van der Waals surface area (Å²) >= 11 is 5.95. The summed E-state index contributed by atoms with van der Waals surface area (Å²) in [5.41, 5.74) is 5.71. The van der Waals surface area contributed by atoms with E-state index in [2.05, 4.69) is 15.5 Å². The maximum absolute atomic E-state index is 12.0. The predicted molar refractivity (Wildman–Crippen MR) is 99.8 cm³/mol. The average Bonchev–Trinajstić information content (AvgIpc) is 2.64. The van der Waals surface area contributed by atoms with E-state index in [1.807, 2.05) is 0 Å². The summed E-state index contributed by atoms with van der Waals surface area (Å²) in [6.07, 6.45) is 2.59. The summed E-state index contributed by atoms with van der Waals surface area (Å²) in [6, 6.07) is 6.68. The predicted octanol–water partition coefficient (Wildman–Crippen LogP) is 0.773. The summed E-state index contributed by atoms with van der Waals surface area (Å²) < 4.78 is 0. The number of carbonyl (C=O) groups excluding carboxylic acids is 3. The molecule has 1 unspecified atom stereocenters. The second-order valence-corrected chi connectivity index (χ2v) is 6.82. The second kappa shape index (κ2) is 10.1. The maximum Gasteiger partial charge on any atom is 0.253 e. The van der Waals surface area contributed by atoms with Gasteiger partial charge in [0.25, 0.3) is 5.91 Å². The highest BCUT2D eigenvalue weighted by atomic mass is 35.5. The number of nitrogens with one attached hydrogen (secondary N) is 2. The van der Waals surface area contributed by atoms with Gasteiger partial charge in [0.15, 0.2) is 0 Å². The number of benzene rings is 1. The van der Waals surface area contributed by atoms with Gasteiger partial charge in [-0.3, -0.25) is 14.4 Å². The standard InChI is InChI=1S/C18H25ClN4O3/c19-15-7-2-1-6-14(15)18(26)22-11-16(24)21-8-4-10-23-9-3-5-13(12-23)17(20)25/h1-2,6-7,13H,3-5,8-12H2,(H2,20,25)(H,21,24)(H,22,26). The van der Waals surface area contributed by atoms with Gasteiger partial charge in [0.2, 0.25) is 11.8 Å². The van der Waals surface area contributed by atoms with Gasteiger partial charge in [-0.1, -0.05) is 23.7 Å². The lowest BCUT2D eigenvalue weighted by Crippen LogP contribution is -2.42. The van der Waals surface area contributed by atoms with E-state index in [4.69, 9.17) is 17.3 Å². The molecule has 0 aliphatic carbocycles. The lowest BCUT2D eigenvalue weighted by molar-refractivity contribution is -0.123. The Morgan fingerprint density at radius 3 is 2.73 bits per heavy atom. The van der Waals surface area contributed by atoms with Crippen molar-refractivity contribution < 1.29 is 14.4 Å². The molecule has 0 aromatic heterocycles. The fraction of sp³-hybridized carbons (Fsp3) is 0.500. The van der Waals surface area contributed by atoms with E-state index in [0.717, 1.165) is 32.4 Å². The van der Waals surface area contributed by atoms with Crippen LogP contribution in [0.25, 0.3) is 0 Å². The maximum atomic E-state index is 12.0. The van der Waals surface area contributed by atoms with Crippen molar-refractivity contribution >= 4 is 29.3 Å². The zero-order chi connectivity index (χ0) is 18.9. The molecule has 1 saturated heterocycles. The molecule has 1 atom stereocenters. The number of likely N-dealkylation sites (tertiary alicyclic amines) is 1. The molecule has 0 saturated carbocycles. The van der Waals surface area contributed by atoms with Crippen LogP contribution >= 0.6 is 11.6 Å². The van der Waals surface area contributed by atoms with Crippen molar-refractivity contribution in [2.24, 2.45) is 11.7 Å². The van der Waals surface area contributed by atoms with Crippen LogP contribution in [0.15, 0.2) is 24.3 Å². The van der Waals surface area contributed by atoms with Crippen LogP contribution in [0, 0.1) is 5.92 Å². The number of primary amides is 1. The largest absolute Gasteiger partial charge is 0.369 e. The van der Waals surface area contributed by atoms with Crippen molar-refractivity contribution in [2.45, 2.75) is 19.3 Å². The molecule has 8 heteroatoms. The highest BCUT2D eigenvalue weighted by Gasteiger charge is 2.23. The van der Waals surface area contributed by atoms with Crippen molar-refractivity contribution in [2.75, 3.05) is 32.7 Å². The van der Waals surface area contributed by atoms with E-state index in [-0.39, 0.29) is 30.2 Å². The molecule has 0 bridgehead atoms. The molecule has 142 valence electrons. The van der Waals surface area contributed by atoms with Crippen LogP contribution in [0.2, 0.25) is 5.02 Å². The highest BCUT2D eigenvalue weighted by molar-refractivity contribution is 6.33. The minimum Gasteiger partial charge on any atom is -0.369 e. The van der Waals surface area contributed by atoms with Crippen LogP contribution in [-0.2, 0) is 9.59 Å². The zero-order valence-electron chi connectivity index (χ0n) is 14.7. The quantitative estimate of drug-likeness (QED) is 0.579. The van der Waals surface area contributed by atoms with Gasteiger partial charge in [0.1, 0.15) is 0 Å². The highest BCUT2D eigenvalue weighted by Crippen LogP contribution is 2.16. The number of nitrogens with zero attached hydrogens (tertiary/aromatic N) is 1. The minimum absolute atomic E-state index is 0.0710. The van der Waals surface area contributed by atoms with E-state index in [1.165, 1.54) is 0 Å². The number of hydrogen-bond donors (Lipinski definition) is 3. The Morgan fingerprint density at radius 1 is 1.23 bits per heavy atom. The Balaban J connectivity index is 1.61. The summed E-state index contributed by atoms with van der Waals surface area (Å²) in [6.45, 7) is 2.86. The van der Waals surface area contributed by atoms with Crippen LogP contribution in [-0.4, -0.2) is 55.3 Å². The lowest BCUT2D eigenvalue weighted by Gasteiger charge is -2.31. The van der Waals surface area contributed by atoms with Gasteiger partial charge in [-0.2, -0.15) is 0 Å². The summed E-state index contributed by atoms with van der Waals surface area (Å²) in [5, 5.41) is 5.67. The third-order valence-corrected chi connectivity index (χ3v) is 4.74. The molecule has 26 heavy (non-hydrogen) atoms. The zero-order valence-corrected chi connectivity index (χ0v) is 15.4. The first kappa shape index (κ1) is 20.2. The van der Waals surface area contributed by atoms with Crippen molar-refractivity contribution in [3.63, 3.8) is 0 Å². The fourth-order valence-corrected chi connectivity index (χ4v) is 3.21. The topological polar surface area (TPSA) is 105 Å². The summed E-state index contributed by atoms with van der Waals surface area (Å²) in [7, 11) is 0. The second-order valence-electron chi connectivity index (χ2n) is 6.41. The number of hydrogen-bond acceptors (Lipinski definition) is 4.